The molecule has 5 heteroatoms. The Morgan fingerprint density at radius 2 is 1.72 bits per heavy atom. The van der Waals surface area contributed by atoms with Gasteiger partial charge < -0.3 is 9.64 Å². The summed E-state index contributed by atoms with van der Waals surface area (Å²) in [5.74, 6) is 0.966. The van der Waals surface area contributed by atoms with Crippen LogP contribution in [-0.2, 0) is 6.42 Å². The zero-order chi connectivity index (χ0) is 15.8. The SMILES string of the molecule is COc1ccc2c(c1)CC(c1ccccc1)N1CCN(C)CC21.Cl.Cl. The molecule has 3 nitrogen and oxygen atoms in total. The van der Waals surface area contributed by atoms with Gasteiger partial charge in [-0.3, -0.25) is 4.90 Å². The van der Waals surface area contributed by atoms with Gasteiger partial charge in [0.25, 0.3) is 0 Å². The minimum atomic E-state index is 0. The van der Waals surface area contributed by atoms with Gasteiger partial charge in [-0.25, -0.2) is 0 Å². The van der Waals surface area contributed by atoms with Crippen molar-refractivity contribution in [3.05, 3.63) is 65.2 Å². The van der Waals surface area contributed by atoms with Crippen LogP contribution in [0.3, 0.4) is 0 Å². The molecule has 1 saturated heterocycles. The van der Waals surface area contributed by atoms with E-state index < -0.39 is 0 Å². The van der Waals surface area contributed by atoms with Gasteiger partial charge >= 0.3 is 0 Å². The van der Waals surface area contributed by atoms with E-state index in [1.54, 1.807) is 7.11 Å². The largest absolute Gasteiger partial charge is 0.497 e. The van der Waals surface area contributed by atoms with Crippen molar-refractivity contribution >= 4 is 24.8 Å². The molecule has 0 amide bonds. The van der Waals surface area contributed by atoms with Gasteiger partial charge in [-0.2, -0.15) is 0 Å². The lowest BCUT2D eigenvalue weighted by Crippen LogP contribution is -2.50. The molecule has 0 radical (unpaired) electrons. The first-order valence-corrected chi connectivity index (χ1v) is 8.42. The maximum atomic E-state index is 5.45. The van der Waals surface area contributed by atoms with Gasteiger partial charge in [0, 0.05) is 31.7 Å². The van der Waals surface area contributed by atoms with Crippen LogP contribution in [-0.4, -0.2) is 43.6 Å². The van der Waals surface area contributed by atoms with Crippen molar-refractivity contribution in [2.75, 3.05) is 33.8 Å². The molecule has 2 aliphatic heterocycles. The predicted octanol–water partition coefficient (Wildman–Crippen LogP) is 4.12. The highest BCUT2D eigenvalue weighted by atomic mass is 35.5. The Hall–Kier alpha value is -1.26. The van der Waals surface area contributed by atoms with Crippen LogP contribution >= 0.6 is 24.8 Å². The van der Waals surface area contributed by atoms with Crippen LogP contribution in [0, 0.1) is 0 Å². The number of piperazine rings is 1. The number of methoxy groups -OCH3 is 1. The van der Waals surface area contributed by atoms with E-state index in [2.05, 4.69) is 65.4 Å². The molecular formula is C20H26Cl2N2O. The number of rotatable bonds is 2. The van der Waals surface area contributed by atoms with Gasteiger partial charge in [-0.1, -0.05) is 36.4 Å². The normalized spacial score (nSPS) is 22.8. The molecule has 0 saturated carbocycles. The fourth-order valence-corrected chi connectivity index (χ4v) is 4.10. The van der Waals surface area contributed by atoms with Crippen LogP contribution in [0.4, 0.5) is 0 Å². The van der Waals surface area contributed by atoms with Crippen molar-refractivity contribution in [3.8, 4) is 5.75 Å². The predicted molar refractivity (Wildman–Crippen MR) is 107 cm³/mol. The second-order valence-electron chi connectivity index (χ2n) is 6.71. The van der Waals surface area contributed by atoms with E-state index in [1.165, 1.54) is 16.7 Å². The molecule has 1 fully saturated rings. The number of nitrogens with zero attached hydrogens (tertiary/aromatic N) is 2. The van der Waals surface area contributed by atoms with Crippen LogP contribution < -0.4 is 4.74 Å². The molecular weight excluding hydrogens is 355 g/mol. The monoisotopic (exact) mass is 380 g/mol. The quantitative estimate of drug-likeness (QED) is 0.778. The van der Waals surface area contributed by atoms with Crippen LogP contribution in [0.5, 0.6) is 5.75 Å². The average molecular weight is 381 g/mol. The van der Waals surface area contributed by atoms with Crippen molar-refractivity contribution < 1.29 is 4.74 Å². The Bertz CT molecular complexity index is 695. The summed E-state index contributed by atoms with van der Waals surface area (Å²) in [4.78, 5) is 5.15. The zero-order valence-electron chi connectivity index (χ0n) is 14.7. The van der Waals surface area contributed by atoms with Crippen molar-refractivity contribution in [1.82, 2.24) is 9.80 Å². The van der Waals surface area contributed by atoms with E-state index in [4.69, 9.17) is 4.74 Å². The highest BCUT2D eigenvalue weighted by Gasteiger charge is 2.37. The molecule has 4 rings (SSSR count). The van der Waals surface area contributed by atoms with E-state index in [9.17, 15) is 0 Å². The van der Waals surface area contributed by atoms with Crippen LogP contribution in [0.15, 0.2) is 48.5 Å². The van der Waals surface area contributed by atoms with Crippen molar-refractivity contribution in [3.63, 3.8) is 0 Å². The van der Waals surface area contributed by atoms with Gasteiger partial charge in [-0.15, -0.1) is 24.8 Å². The van der Waals surface area contributed by atoms with Crippen molar-refractivity contribution in [2.24, 2.45) is 0 Å². The lowest BCUT2D eigenvalue weighted by atomic mass is 9.84. The Balaban J connectivity index is 0.00000113. The summed E-state index contributed by atoms with van der Waals surface area (Å²) >= 11 is 0. The first-order chi connectivity index (χ1) is 11.3. The third kappa shape index (κ3) is 3.80. The summed E-state index contributed by atoms with van der Waals surface area (Å²) in [5.41, 5.74) is 4.34. The summed E-state index contributed by atoms with van der Waals surface area (Å²) in [7, 11) is 3.98. The molecule has 2 aromatic rings. The molecule has 25 heavy (non-hydrogen) atoms. The van der Waals surface area contributed by atoms with E-state index in [-0.39, 0.29) is 24.8 Å². The summed E-state index contributed by atoms with van der Waals surface area (Å²) in [6.07, 6.45) is 1.07. The third-order valence-electron chi connectivity index (χ3n) is 5.33. The first kappa shape index (κ1) is 20.1. The van der Waals surface area contributed by atoms with Gasteiger partial charge in [0.15, 0.2) is 0 Å². The number of hydrogen-bond acceptors (Lipinski definition) is 3. The number of benzene rings is 2. The number of ether oxygens (including phenoxy) is 1. The topological polar surface area (TPSA) is 15.7 Å². The fraction of sp³-hybridized carbons (Fsp3) is 0.400. The molecule has 136 valence electrons. The summed E-state index contributed by atoms with van der Waals surface area (Å²) < 4.78 is 5.45. The number of likely N-dealkylation sites (N-methyl/N-ethyl adjacent to an activating group) is 1. The highest BCUT2D eigenvalue weighted by Crippen LogP contribution is 2.42. The molecule has 0 N–H and O–H groups in total. The lowest BCUT2D eigenvalue weighted by molar-refractivity contribution is 0.0403. The molecule has 2 heterocycles. The Morgan fingerprint density at radius 3 is 2.44 bits per heavy atom. The molecule has 0 aliphatic carbocycles. The van der Waals surface area contributed by atoms with Crippen LogP contribution in [0.1, 0.15) is 28.8 Å². The second-order valence-corrected chi connectivity index (χ2v) is 6.71. The van der Waals surface area contributed by atoms with Gasteiger partial charge in [-0.05, 0) is 42.3 Å². The Kier molecular flexibility index (Phi) is 6.75. The van der Waals surface area contributed by atoms with Crippen molar-refractivity contribution in [1.29, 1.82) is 0 Å². The van der Waals surface area contributed by atoms with Crippen LogP contribution in [0.25, 0.3) is 0 Å². The first-order valence-electron chi connectivity index (χ1n) is 8.42. The Labute approximate surface area is 162 Å². The molecule has 2 unspecified atom stereocenters. The summed E-state index contributed by atoms with van der Waals surface area (Å²) in [6, 6.07) is 18.5. The number of hydrogen-bond donors (Lipinski definition) is 0. The molecule has 0 bridgehead atoms. The van der Waals surface area contributed by atoms with E-state index >= 15 is 0 Å². The van der Waals surface area contributed by atoms with Gasteiger partial charge in [0.2, 0.25) is 0 Å². The van der Waals surface area contributed by atoms with Gasteiger partial charge in [0.1, 0.15) is 5.75 Å². The second kappa shape index (κ2) is 8.41. The molecule has 2 aliphatic rings. The summed E-state index contributed by atoms with van der Waals surface area (Å²) in [6.45, 7) is 3.38. The van der Waals surface area contributed by atoms with E-state index in [1.807, 2.05) is 0 Å². The molecule has 0 spiro atoms. The van der Waals surface area contributed by atoms with E-state index in [0.29, 0.717) is 12.1 Å². The minimum Gasteiger partial charge on any atom is -0.497 e. The van der Waals surface area contributed by atoms with Crippen molar-refractivity contribution in [2.45, 2.75) is 18.5 Å². The van der Waals surface area contributed by atoms with Crippen LogP contribution in [0.2, 0.25) is 0 Å². The fourth-order valence-electron chi connectivity index (χ4n) is 4.10. The van der Waals surface area contributed by atoms with E-state index in [0.717, 1.165) is 31.8 Å². The number of fused-ring (bicyclic) bond motifs is 3. The molecule has 2 atom stereocenters. The molecule has 0 aromatic heterocycles. The smallest absolute Gasteiger partial charge is 0.119 e. The average Bonchev–Trinajstić information content (AvgIpc) is 2.61. The highest BCUT2D eigenvalue weighted by molar-refractivity contribution is 5.85. The summed E-state index contributed by atoms with van der Waals surface area (Å²) in [5, 5.41) is 0. The molecule has 2 aromatic carbocycles. The number of halogens is 2. The standard InChI is InChI=1S/C20H24N2O.2ClH/c1-21-10-11-22-19(15-6-4-3-5-7-15)13-16-12-17(23-2)8-9-18(16)20(22)14-21;;/h3-9,12,19-20H,10-11,13-14H2,1-2H3;2*1H. The van der Waals surface area contributed by atoms with Gasteiger partial charge in [0.05, 0.1) is 7.11 Å². The minimum absolute atomic E-state index is 0. The Morgan fingerprint density at radius 1 is 0.960 bits per heavy atom. The maximum Gasteiger partial charge on any atom is 0.119 e. The lowest BCUT2D eigenvalue weighted by Gasteiger charge is -2.48. The third-order valence-corrected chi connectivity index (χ3v) is 5.33. The zero-order valence-corrected chi connectivity index (χ0v) is 16.4. The maximum absolute atomic E-state index is 5.45.